The maximum Gasteiger partial charge on any atom is 0.147 e. The summed E-state index contributed by atoms with van der Waals surface area (Å²) in [5, 5.41) is 8.51. The number of hydrogen-bond acceptors (Lipinski definition) is 3. The summed E-state index contributed by atoms with van der Waals surface area (Å²) in [6.45, 7) is 9.23. The van der Waals surface area contributed by atoms with Crippen molar-refractivity contribution in [2.75, 3.05) is 0 Å². The molecule has 1 heterocycles. The molecule has 18 heavy (non-hydrogen) atoms. The molecule has 0 aliphatic carbocycles. The highest BCUT2D eigenvalue weighted by atomic mass is 15.3. The summed E-state index contributed by atoms with van der Waals surface area (Å²) in [6, 6.07) is 0. The molecule has 1 aromatic heterocycles. The fraction of sp³-hybridized carbons (Fsp3) is 0.857. The number of hydrogen-bond donors (Lipinski definition) is 1. The van der Waals surface area contributed by atoms with E-state index in [4.69, 9.17) is 5.73 Å². The topological polar surface area (TPSA) is 56.7 Å². The van der Waals surface area contributed by atoms with Crippen LogP contribution in [-0.4, -0.2) is 14.8 Å². The zero-order chi connectivity index (χ0) is 13.6. The molecule has 2 N–H and O–H groups in total. The Bertz CT molecular complexity index is 349. The lowest BCUT2D eigenvalue weighted by molar-refractivity contribution is 0.367. The van der Waals surface area contributed by atoms with Crippen molar-refractivity contribution in [3.63, 3.8) is 0 Å². The first-order chi connectivity index (χ1) is 8.50. The first-order valence-electron chi connectivity index (χ1n) is 7.14. The van der Waals surface area contributed by atoms with Crippen LogP contribution in [0.1, 0.15) is 71.4 Å². The molecule has 0 aliphatic heterocycles. The van der Waals surface area contributed by atoms with E-state index in [1.165, 1.54) is 32.1 Å². The molecule has 0 aromatic carbocycles. The molecule has 0 saturated heterocycles. The van der Waals surface area contributed by atoms with Crippen LogP contribution in [0.4, 0.5) is 0 Å². The summed E-state index contributed by atoms with van der Waals surface area (Å²) in [4.78, 5) is 0. The lowest BCUT2D eigenvalue weighted by Crippen LogP contribution is -2.27. The van der Waals surface area contributed by atoms with Gasteiger partial charge in [0, 0.05) is 12.0 Å². The number of rotatable bonds is 7. The average Bonchev–Trinajstić information content (AvgIpc) is 2.71. The average molecular weight is 252 g/mol. The van der Waals surface area contributed by atoms with Crippen LogP contribution in [-0.2, 0) is 18.5 Å². The maximum absolute atomic E-state index is 5.73. The molecular weight excluding hydrogens is 224 g/mol. The fourth-order valence-corrected chi connectivity index (χ4v) is 2.31. The summed E-state index contributed by atoms with van der Waals surface area (Å²) in [5.74, 6) is 1.98. The van der Waals surface area contributed by atoms with E-state index in [-0.39, 0.29) is 5.54 Å². The number of nitrogens with zero attached hydrogens (tertiary/aromatic N) is 3. The van der Waals surface area contributed by atoms with Gasteiger partial charge < -0.3 is 10.3 Å². The predicted molar refractivity (Wildman–Crippen MR) is 75.4 cm³/mol. The van der Waals surface area contributed by atoms with E-state index < -0.39 is 0 Å². The fourth-order valence-electron chi connectivity index (χ4n) is 2.31. The quantitative estimate of drug-likeness (QED) is 0.759. The van der Waals surface area contributed by atoms with Crippen LogP contribution in [0.25, 0.3) is 0 Å². The van der Waals surface area contributed by atoms with Gasteiger partial charge in [0.25, 0.3) is 0 Å². The summed E-state index contributed by atoms with van der Waals surface area (Å²) in [7, 11) is 0. The van der Waals surface area contributed by atoms with Crippen molar-refractivity contribution in [3.8, 4) is 0 Å². The Morgan fingerprint density at radius 3 is 2.17 bits per heavy atom. The van der Waals surface area contributed by atoms with Gasteiger partial charge in [-0.1, -0.05) is 32.6 Å². The largest absolute Gasteiger partial charge is 0.324 e. The summed E-state index contributed by atoms with van der Waals surface area (Å²) < 4.78 is 2.20. The predicted octanol–water partition coefficient (Wildman–Crippen LogP) is 3.00. The van der Waals surface area contributed by atoms with Crippen LogP contribution in [0.2, 0.25) is 0 Å². The summed E-state index contributed by atoms with van der Waals surface area (Å²) >= 11 is 0. The molecule has 4 heteroatoms. The van der Waals surface area contributed by atoms with Gasteiger partial charge in [0.05, 0.1) is 6.54 Å². The number of aryl methyl sites for hydroxylation is 1. The molecular formula is C14H28N4. The lowest BCUT2D eigenvalue weighted by atomic mass is 10.1. The molecule has 4 nitrogen and oxygen atoms in total. The highest BCUT2D eigenvalue weighted by molar-refractivity contribution is 5.01. The van der Waals surface area contributed by atoms with Gasteiger partial charge in [-0.15, -0.1) is 10.2 Å². The van der Waals surface area contributed by atoms with Gasteiger partial charge in [0.15, 0.2) is 0 Å². The Hall–Kier alpha value is -0.900. The van der Waals surface area contributed by atoms with Gasteiger partial charge in [0.2, 0.25) is 0 Å². The Kier molecular flexibility index (Phi) is 5.79. The minimum Gasteiger partial charge on any atom is -0.324 e. The van der Waals surface area contributed by atoms with Gasteiger partial charge in [0.1, 0.15) is 11.6 Å². The van der Waals surface area contributed by atoms with Crippen molar-refractivity contribution >= 4 is 0 Å². The molecule has 0 spiro atoms. The normalized spacial score (nSPS) is 12.1. The molecule has 0 saturated carbocycles. The van der Waals surface area contributed by atoms with E-state index in [0.29, 0.717) is 6.54 Å². The van der Waals surface area contributed by atoms with Gasteiger partial charge in [-0.05, 0) is 27.2 Å². The SMILES string of the molecule is CCCCCCCc1nnc(CN)n1C(C)(C)C. The van der Waals surface area contributed by atoms with Crippen molar-refractivity contribution in [1.82, 2.24) is 14.8 Å². The summed E-state index contributed by atoms with van der Waals surface area (Å²) in [5.41, 5.74) is 5.74. The Morgan fingerprint density at radius 1 is 1.00 bits per heavy atom. The highest BCUT2D eigenvalue weighted by Crippen LogP contribution is 2.20. The van der Waals surface area contributed by atoms with Crippen LogP contribution in [0.3, 0.4) is 0 Å². The molecule has 0 unspecified atom stereocenters. The van der Waals surface area contributed by atoms with Crippen molar-refractivity contribution in [2.24, 2.45) is 5.73 Å². The van der Waals surface area contributed by atoms with E-state index >= 15 is 0 Å². The third kappa shape index (κ3) is 4.09. The second-order valence-corrected chi connectivity index (χ2v) is 5.91. The summed E-state index contributed by atoms with van der Waals surface area (Å²) in [6.07, 6.45) is 7.43. The highest BCUT2D eigenvalue weighted by Gasteiger charge is 2.21. The van der Waals surface area contributed by atoms with E-state index in [2.05, 4.69) is 42.5 Å². The zero-order valence-corrected chi connectivity index (χ0v) is 12.4. The van der Waals surface area contributed by atoms with Crippen LogP contribution < -0.4 is 5.73 Å². The molecule has 0 atom stereocenters. The molecule has 0 bridgehead atoms. The number of nitrogens with two attached hydrogens (primary N) is 1. The monoisotopic (exact) mass is 252 g/mol. The third-order valence-electron chi connectivity index (χ3n) is 3.15. The second kappa shape index (κ2) is 6.88. The Morgan fingerprint density at radius 2 is 1.61 bits per heavy atom. The van der Waals surface area contributed by atoms with Crippen molar-refractivity contribution in [1.29, 1.82) is 0 Å². The van der Waals surface area contributed by atoms with Crippen LogP contribution >= 0.6 is 0 Å². The van der Waals surface area contributed by atoms with Crippen molar-refractivity contribution in [3.05, 3.63) is 11.6 Å². The molecule has 0 radical (unpaired) electrons. The van der Waals surface area contributed by atoms with Crippen molar-refractivity contribution < 1.29 is 0 Å². The number of aromatic nitrogens is 3. The molecule has 0 aliphatic rings. The van der Waals surface area contributed by atoms with E-state index in [1.54, 1.807) is 0 Å². The first kappa shape index (κ1) is 15.2. The molecule has 0 fully saturated rings. The standard InChI is InChI=1S/C14H28N4/c1-5-6-7-8-9-10-12-16-17-13(11-15)18(12)14(2,3)4/h5-11,15H2,1-4H3. The minimum atomic E-state index is 0.0109. The van der Waals surface area contributed by atoms with Crippen molar-refractivity contribution in [2.45, 2.75) is 78.3 Å². The molecule has 1 aromatic rings. The number of unbranched alkanes of at least 4 members (excludes halogenated alkanes) is 4. The first-order valence-corrected chi connectivity index (χ1v) is 7.14. The third-order valence-corrected chi connectivity index (χ3v) is 3.15. The second-order valence-electron chi connectivity index (χ2n) is 5.91. The van der Waals surface area contributed by atoms with Gasteiger partial charge >= 0.3 is 0 Å². The molecule has 104 valence electrons. The maximum atomic E-state index is 5.73. The van der Waals surface area contributed by atoms with Crippen LogP contribution in [0.5, 0.6) is 0 Å². The van der Waals surface area contributed by atoms with Gasteiger partial charge in [-0.3, -0.25) is 0 Å². The van der Waals surface area contributed by atoms with E-state index in [9.17, 15) is 0 Å². The Labute approximate surface area is 111 Å². The van der Waals surface area contributed by atoms with Gasteiger partial charge in [-0.2, -0.15) is 0 Å². The van der Waals surface area contributed by atoms with Crippen LogP contribution in [0, 0.1) is 0 Å². The Balaban J connectivity index is 2.63. The smallest absolute Gasteiger partial charge is 0.147 e. The van der Waals surface area contributed by atoms with Gasteiger partial charge in [-0.25, -0.2) is 0 Å². The van der Waals surface area contributed by atoms with Crippen LogP contribution in [0.15, 0.2) is 0 Å². The van der Waals surface area contributed by atoms with E-state index in [0.717, 1.165) is 18.1 Å². The molecule has 1 rings (SSSR count). The minimum absolute atomic E-state index is 0.0109. The molecule has 0 amide bonds. The van der Waals surface area contributed by atoms with E-state index in [1.807, 2.05) is 0 Å². The zero-order valence-electron chi connectivity index (χ0n) is 12.4. The lowest BCUT2D eigenvalue weighted by Gasteiger charge is -2.24.